The molecule has 0 bridgehead atoms. The molecule has 3 aromatic carbocycles. The van der Waals surface area contributed by atoms with Crippen LogP contribution in [0.2, 0.25) is 5.02 Å². The number of halogens is 2. The number of nitrogens with zero attached hydrogens (tertiary/aromatic N) is 1. The Bertz CT molecular complexity index is 1210. The fourth-order valence-corrected chi connectivity index (χ4v) is 3.34. The number of carbonyl (C=O) groups is 2. The molecule has 0 atom stereocenters. The Morgan fingerprint density at radius 2 is 1.79 bits per heavy atom. The average Bonchev–Trinajstić information content (AvgIpc) is 2.80. The van der Waals surface area contributed by atoms with Crippen molar-refractivity contribution in [3.63, 3.8) is 0 Å². The molecule has 176 valence electrons. The first-order valence-corrected chi connectivity index (χ1v) is 10.9. The molecule has 0 saturated heterocycles. The third kappa shape index (κ3) is 6.65. The SMILES string of the molecule is CC(=Nc1cc(C(=O)NCCC(=O)O)ccc1C)c1ccc(OCc2c(F)cccc2Cl)cc1. The summed E-state index contributed by atoms with van der Waals surface area (Å²) in [5.41, 5.74) is 3.81. The second-order valence-electron chi connectivity index (χ2n) is 7.61. The van der Waals surface area contributed by atoms with Gasteiger partial charge in [-0.1, -0.05) is 23.7 Å². The maximum absolute atomic E-state index is 13.9. The highest BCUT2D eigenvalue weighted by atomic mass is 35.5. The monoisotopic (exact) mass is 482 g/mol. The summed E-state index contributed by atoms with van der Waals surface area (Å²) in [7, 11) is 0. The van der Waals surface area contributed by atoms with Gasteiger partial charge in [-0.3, -0.25) is 14.6 Å². The number of ether oxygens (including phenoxy) is 1. The Balaban J connectivity index is 1.69. The van der Waals surface area contributed by atoms with E-state index in [1.54, 1.807) is 42.5 Å². The quantitative estimate of drug-likeness (QED) is 0.382. The number of aryl methyl sites for hydroxylation is 1. The van der Waals surface area contributed by atoms with E-state index in [0.717, 1.165) is 16.8 Å². The molecule has 0 aliphatic rings. The zero-order valence-electron chi connectivity index (χ0n) is 18.8. The van der Waals surface area contributed by atoms with E-state index in [1.807, 2.05) is 26.0 Å². The fraction of sp³-hybridized carbons (Fsp3) is 0.192. The molecule has 0 unspecified atom stereocenters. The molecule has 0 aliphatic heterocycles. The van der Waals surface area contributed by atoms with Crippen LogP contribution in [0.1, 0.15) is 40.4 Å². The van der Waals surface area contributed by atoms with Crippen molar-refractivity contribution in [2.45, 2.75) is 26.9 Å². The predicted octanol–water partition coefficient (Wildman–Crippen LogP) is 5.71. The topological polar surface area (TPSA) is 88.0 Å². The van der Waals surface area contributed by atoms with Crippen molar-refractivity contribution in [3.8, 4) is 5.75 Å². The smallest absolute Gasteiger partial charge is 0.305 e. The molecule has 0 aromatic heterocycles. The van der Waals surface area contributed by atoms with Gasteiger partial charge in [-0.2, -0.15) is 0 Å². The first kappa shape index (κ1) is 24.9. The summed E-state index contributed by atoms with van der Waals surface area (Å²) in [5.74, 6) is -1.18. The highest BCUT2D eigenvalue weighted by molar-refractivity contribution is 6.31. The lowest BCUT2D eigenvalue weighted by Crippen LogP contribution is -2.25. The van der Waals surface area contributed by atoms with Crippen LogP contribution in [0.25, 0.3) is 0 Å². The average molecular weight is 483 g/mol. The highest BCUT2D eigenvalue weighted by Gasteiger charge is 2.10. The standard InChI is InChI=1S/C26H24ClFN2O4/c1-16-6-7-19(26(33)29-13-12-25(31)32)14-24(16)30-17(2)18-8-10-20(11-9-18)34-15-21-22(27)4-3-5-23(21)28/h3-11,14H,12-13,15H2,1-2H3,(H,29,33)(H,31,32). The van der Waals surface area contributed by atoms with Crippen LogP contribution in [0.3, 0.4) is 0 Å². The van der Waals surface area contributed by atoms with Crippen molar-refractivity contribution in [3.05, 3.63) is 93.8 Å². The minimum Gasteiger partial charge on any atom is -0.489 e. The molecule has 0 spiro atoms. The molecule has 1 amide bonds. The van der Waals surface area contributed by atoms with Gasteiger partial charge in [0.1, 0.15) is 18.2 Å². The Kier molecular flexibility index (Phi) is 8.38. The van der Waals surface area contributed by atoms with Gasteiger partial charge in [-0.25, -0.2) is 4.39 Å². The normalized spacial score (nSPS) is 11.2. The number of hydrogen-bond acceptors (Lipinski definition) is 4. The molecular weight excluding hydrogens is 459 g/mol. The molecule has 3 aromatic rings. The molecule has 0 radical (unpaired) electrons. The Labute approximate surface area is 202 Å². The Morgan fingerprint density at radius 3 is 2.47 bits per heavy atom. The molecule has 2 N–H and O–H groups in total. The number of aliphatic imine (C=N–C) groups is 1. The van der Waals surface area contributed by atoms with Crippen molar-refractivity contribution in [1.82, 2.24) is 5.32 Å². The van der Waals surface area contributed by atoms with Crippen LogP contribution in [0.4, 0.5) is 10.1 Å². The van der Waals surface area contributed by atoms with E-state index in [1.165, 1.54) is 6.07 Å². The highest BCUT2D eigenvalue weighted by Crippen LogP contribution is 2.24. The number of rotatable bonds is 9. The van der Waals surface area contributed by atoms with Crippen LogP contribution in [-0.4, -0.2) is 29.2 Å². The minimum atomic E-state index is -0.974. The molecule has 0 aliphatic carbocycles. The number of carboxylic acid groups (broad SMARTS) is 1. The zero-order valence-corrected chi connectivity index (χ0v) is 19.5. The van der Waals surface area contributed by atoms with E-state index in [0.29, 0.717) is 27.6 Å². The van der Waals surface area contributed by atoms with E-state index >= 15 is 0 Å². The van der Waals surface area contributed by atoms with Crippen LogP contribution in [0, 0.1) is 12.7 Å². The van der Waals surface area contributed by atoms with Gasteiger partial charge in [0.15, 0.2) is 0 Å². The van der Waals surface area contributed by atoms with Crippen LogP contribution < -0.4 is 10.1 Å². The first-order valence-electron chi connectivity index (χ1n) is 10.6. The maximum atomic E-state index is 13.9. The van der Waals surface area contributed by atoms with E-state index in [4.69, 9.17) is 21.4 Å². The number of carboxylic acids is 1. The van der Waals surface area contributed by atoms with Crippen molar-refractivity contribution < 1.29 is 23.8 Å². The zero-order chi connectivity index (χ0) is 24.7. The van der Waals surface area contributed by atoms with Gasteiger partial charge in [0.25, 0.3) is 5.91 Å². The van der Waals surface area contributed by atoms with E-state index in [9.17, 15) is 14.0 Å². The minimum absolute atomic E-state index is 0.0123. The van der Waals surface area contributed by atoms with Crippen molar-refractivity contribution in [2.75, 3.05) is 6.54 Å². The predicted molar refractivity (Wildman–Crippen MR) is 130 cm³/mol. The summed E-state index contributed by atoms with van der Waals surface area (Å²) in [5, 5.41) is 11.6. The molecule has 6 nitrogen and oxygen atoms in total. The van der Waals surface area contributed by atoms with Crippen LogP contribution in [0.15, 0.2) is 65.7 Å². The summed E-state index contributed by atoms with van der Waals surface area (Å²) < 4.78 is 19.6. The van der Waals surface area contributed by atoms with E-state index in [2.05, 4.69) is 10.3 Å². The molecule has 34 heavy (non-hydrogen) atoms. The summed E-state index contributed by atoms with van der Waals surface area (Å²) in [6.45, 7) is 3.81. The molecule has 0 saturated carbocycles. The summed E-state index contributed by atoms with van der Waals surface area (Å²) in [6, 6.07) is 16.9. The summed E-state index contributed by atoms with van der Waals surface area (Å²) in [4.78, 5) is 27.6. The third-order valence-electron chi connectivity index (χ3n) is 5.10. The summed E-state index contributed by atoms with van der Waals surface area (Å²) >= 11 is 6.04. The van der Waals surface area contributed by atoms with Gasteiger partial charge in [0.05, 0.1) is 17.1 Å². The molecule has 0 heterocycles. The molecule has 3 rings (SSSR count). The largest absolute Gasteiger partial charge is 0.489 e. The van der Waals surface area contributed by atoms with Crippen LogP contribution >= 0.6 is 11.6 Å². The van der Waals surface area contributed by atoms with E-state index in [-0.39, 0.29) is 25.5 Å². The lowest BCUT2D eigenvalue weighted by molar-refractivity contribution is -0.136. The van der Waals surface area contributed by atoms with E-state index < -0.39 is 11.8 Å². The second kappa shape index (κ2) is 11.4. The van der Waals surface area contributed by atoms with Crippen molar-refractivity contribution in [1.29, 1.82) is 0 Å². The van der Waals surface area contributed by atoms with Gasteiger partial charge >= 0.3 is 5.97 Å². The summed E-state index contributed by atoms with van der Waals surface area (Å²) in [6.07, 6.45) is -0.144. The van der Waals surface area contributed by atoms with Crippen LogP contribution in [0.5, 0.6) is 5.75 Å². The third-order valence-corrected chi connectivity index (χ3v) is 5.45. The van der Waals surface area contributed by atoms with Gasteiger partial charge in [0, 0.05) is 23.4 Å². The second-order valence-corrected chi connectivity index (χ2v) is 8.02. The number of aliphatic carboxylic acids is 1. The number of nitrogens with one attached hydrogen (secondary N) is 1. The number of benzene rings is 3. The Morgan fingerprint density at radius 1 is 1.09 bits per heavy atom. The first-order chi connectivity index (χ1) is 16.2. The lowest BCUT2D eigenvalue weighted by atomic mass is 10.1. The Hall–Kier alpha value is -3.71. The molecule has 8 heteroatoms. The maximum Gasteiger partial charge on any atom is 0.305 e. The van der Waals surface area contributed by atoms with Gasteiger partial charge in [0.2, 0.25) is 0 Å². The van der Waals surface area contributed by atoms with Gasteiger partial charge in [-0.05, 0) is 73.5 Å². The number of hydrogen-bond donors (Lipinski definition) is 2. The molecule has 0 fully saturated rings. The van der Waals surface area contributed by atoms with Crippen molar-refractivity contribution in [2.24, 2.45) is 4.99 Å². The van der Waals surface area contributed by atoms with Crippen molar-refractivity contribution >= 4 is 34.9 Å². The lowest BCUT2D eigenvalue weighted by Gasteiger charge is -2.10. The number of amides is 1. The van der Waals surface area contributed by atoms with Gasteiger partial charge < -0.3 is 15.2 Å². The van der Waals surface area contributed by atoms with Gasteiger partial charge in [-0.15, -0.1) is 0 Å². The molecular formula is C26H24ClFN2O4. The fourth-order valence-electron chi connectivity index (χ4n) is 3.12. The number of carbonyl (C=O) groups excluding carboxylic acids is 1. The van der Waals surface area contributed by atoms with Crippen LogP contribution in [-0.2, 0) is 11.4 Å².